The summed E-state index contributed by atoms with van der Waals surface area (Å²) in [7, 11) is 0. The number of anilines is 1. The van der Waals surface area contributed by atoms with E-state index in [0.29, 0.717) is 29.5 Å². The van der Waals surface area contributed by atoms with Crippen LogP contribution in [-0.2, 0) is 0 Å². The lowest BCUT2D eigenvalue weighted by Gasteiger charge is -2.19. The van der Waals surface area contributed by atoms with Gasteiger partial charge in [-0.25, -0.2) is 0 Å². The average Bonchev–Trinajstić information content (AvgIpc) is 2.59. The quantitative estimate of drug-likeness (QED) is 0.648. The van der Waals surface area contributed by atoms with Crippen molar-refractivity contribution in [3.8, 4) is 17.0 Å². The summed E-state index contributed by atoms with van der Waals surface area (Å²) in [4.78, 5) is 4.18. The van der Waals surface area contributed by atoms with Crippen molar-refractivity contribution in [2.75, 3.05) is 11.9 Å². The average molecular weight is 352 g/mol. The number of nitrogens with zero attached hydrogens (tertiary/aromatic N) is 3. The minimum Gasteiger partial charge on any atom is -0.507 e. The second-order valence-electron chi connectivity index (χ2n) is 7.42. The lowest BCUT2D eigenvalue weighted by atomic mass is 9.98. The summed E-state index contributed by atoms with van der Waals surface area (Å²) in [6, 6.07) is 7.49. The number of fused-ring (bicyclic) bond motifs is 1. The second-order valence-corrected chi connectivity index (χ2v) is 7.42. The van der Waals surface area contributed by atoms with E-state index in [1.807, 2.05) is 18.2 Å². The van der Waals surface area contributed by atoms with Gasteiger partial charge in [0.15, 0.2) is 5.82 Å². The van der Waals surface area contributed by atoms with Crippen LogP contribution in [0.3, 0.4) is 0 Å². The van der Waals surface area contributed by atoms with Crippen molar-refractivity contribution in [1.29, 1.82) is 0 Å². The number of phenols is 1. The van der Waals surface area contributed by atoms with Gasteiger partial charge < -0.3 is 15.5 Å². The van der Waals surface area contributed by atoms with Crippen LogP contribution in [0.25, 0.3) is 22.0 Å². The Morgan fingerprint density at radius 2 is 1.88 bits per heavy atom. The van der Waals surface area contributed by atoms with Gasteiger partial charge in [-0.1, -0.05) is 19.9 Å². The van der Waals surface area contributed by atoms with E-state index in [1.54, 1.807) is 32.3 Å². The molecular weight excluding hydrogens is 328 g/mol. The normalized spacial score (nSPS) is 11.9. The number of hydrogen-bond acceptors (Lipinski definition) is 6. The fourth-order valence-electron chi connectivity index (χ4n) is 2.73. The number of nitrogens with one attached hydrogen (secondary N) is 1. The molecule has 3 rings (SSSR count). The highest BCUT2D eigenvalue weighted by Gasteiger charge is 2.17. The predicted molar refractivity (Wildman–Crippen MR) is 103 cm³/mol. The molecule has 0 atom stereocenters. The molecule has 0 aliphatic rings. The molecule has 2 aromatic heterocycles. The summed E-state index contributed by atoms with van der Waals surface area (Å²) in [6.45, 7) is 7.93. The Balaban J connectivity index is 2.09. The Bertz CT molecular complexity index is 933. The van der Waals surface area contributed by atoms with Crippen LogP contribution in [0.4, 0.5) is 5.82 Å². The maximum absolute atomic E-state index is 10.5. The van der Waals surface area contributed by atoms with Gasteiger partial charge >= 0.3 is 0 Å². The molecule has 0 aliphatic heterocycles. The van der Waals surface area contributed by atoms with Crippen molar-refractivity contribution >= 4 is 16.6 Å². The number of phenolic OH excluding ortho intramolecular Hbond substituents is 1. The van der Waals surface area contributed by atoms with Crippen molar-refractivity contribution in [2.24, 2.45) is 0 Å². The molecule has 0 amide bonds. The van der Waals surface area contributed by atoms with E-state index in [9.17, 15) is 10.2 Å². The number of benzene rings is 1. The summed E-state index contributed by atoms with van der Waals surface area (Å²) in [6.07, 6.45) is 3.40. The van der Waals surface area contributed by atoms with Gasteiger partial charge in [0.1, 0.15) is 11.4 Å². The molecule has 6 nitrogen and oxygen atoms in total. The summed E-state index contributed by atoms with van der Waals surface area (Å²) in [5, 5.41) is 33.8. The van der Waals surface area contributed by atoms with Gasteiger partial charge in [-0.15, -0.1) is 10.2 Å². The minimum absolute atomic E-state index is 0.181. The highest BCUT2D eigenvalue weighted by atomic mass is 16.3. The molecule has 0 fully saturated rings. The molecule has 6 heteroatoms. The molecule has 0 aliphatic carbocycles. The lowest BCUT2D eigenvalue weighted by molar-refractivity contribution is 0.0944. The molecule has 136 valence electrons. The molecular formula is C20H24N4O2. The van der Waals surface area contributed by atoms with Crippen LogP contribution in [-0.4, -0.2) is 37.5 Å². The molecule has 0 radical (unpaired) electrons. The van der Waals surface area contributed by atoms with Crippen LogP contribution in [0.5, 0.6) is 5.75 Å². The Morgan fingerprint density at radius 1 is 1.12 bits per heavy atom. The molecule has 0 saturated heterocycles. The lowest BCUT2D eigenvalue weighted by Crippen LogP contribution is -2.29. The Morgan fingerprint density at radius 3 is 2.54 bits per heavy atom. The first-order chi connectivity index (χ1) is 12.3. The van der Waals surface area contributed by atoms with Crippen LogP contribution in [0.15, 0.2) is 36.7 Å². The van der Waals surface area contributed by atoms with Crippen molar-refractivity contribution in [3.05, 3.63) is 42.2 Å². The van der Waals surface area contributed by atoms with E-state index in [2.05, 4.69) is 34.3 Å². The fourth-order valence-corrected chi connectivity index (χ4v) is 2.73. The molecule has 0 saturated carbocycles. The largest absolute Gasteiger partial charge is 0.507 e. The first-order valence-corrected chi connectivity index (χ1v) is 8.66. The zero-order valence-corrected chi connectivity index (χ0v) is 15.5. The number of aromatic hydroxyl groups is 1. The summed E-state index contributed by atoms with van der Waals surface area (Å²) in [5.74, 6) is 1.06. The molecule has 2 heterocycles. The number of pyridine rings is 1. The van der Waals surface area contributed by atoms with Crippen LogP contribution >= 0.6 is 0 Å². The van der Waals surface area contributed by atoms with E-state index in [1.165, 1.54) is 0 Å². The second kappa shape index (κ2) is 6.88. The molecule has 26 heavy (non-hydrogen) atoms. The van der Waals surface area contributed by atoms with Crippen LogP contribution in [0, 0.1) is 0 Å². The molecule has 0 unspecified atom stereocenters. The van der Waals surface area contributed by atoms with Gasteiger partial charge in [0.2, 0.25) is 0 Å². The maximum Gasteiger partial charge on any atom is 0.158 e. The molecule has 1 aromatic carbocycles. The summed E-state index contributed by atoms with van der Waals surface area (Å²) < 4.78 is 0. The Labute approximate surface area is 152 Å². The van der Waals surface area contributed by atoms with E-state index in [0.717, 1.165) is 16.3 Å². The van der Waals surface area contributed by atoms with Crippen molar-refractivity contribution in [1.82, 2.24) is 15.2 Å². The van der Waals surface area contributed by atoms with Gasteiger partial charge in [0.05, 0.1) is 5.60 Å². The first-order valence-electron chi connectivity index (χ1n) is 8.66. The first kappa shape index (κ1) is 18.1. The van der Waals surface area contributed by atoms with Crippen LogP contribution in [0.1, 0.15) is 39.2 Å². The standard InChI is InChI=1S/C20H24N4O2/c1-12(2)13-5-6-15(17(25)9-13)18-14-7-8-21-10-16(14)19(24-23-18)22-11-20(3,4)26/h5-10,12,25-26H,11H2,1-4H3,(H,22,24). The van der Waals surface area contributed by atoms with E-state index < -0.39 is 5.60 Å². The van der Waals surface area contributed by atoms with Gasteiger partial charge in [-0.05, 0) is 43.5 Å². The van der Waals surface area contributed by atoms with Gasteiger partial charge in [-0.2, -0.15) is 0 Å². The van der Waals surface area contributed by atoms with E-state index in [-0.39, 0.29) is 5.75 Å². The zero-order valence-electron chi connectivity index (χ0n) is 15.5. The number of hydrogen-bond donors (Lipinski definition) is 3. The third-order valence-electron chi connectivity index (χ3n) is 4.21. The van der Waals surface area contributed by atoms with Crippen LogP contribution in [0.2, 0.25) is 0 Å². The number of rotatable bonds is 5. The highest BCUT2D eigenvalue weighted by Crippen LogP contribution is 2.35. The Kier molecular flexibility index (Phi) is 4.78. The van der Waals surface area contributed by atoms with Crippen molar-refractivity contribution < 1.29 is 10.2 Å². The molecule has 0 bridgehead atoms. The predicted octanol–water partition coefficient (Wildman–Crippen LogP) is 3.70. The highest BCUT2D eigenvalue weighted by molar-refractivity contribution is 6.00. The van der Waals surface area contributed by atoms with Gasteiger partial charge in [0, 0.05) is 35.3 Å². The minimum atomic E-state index is -0.875. The van der Waals surface area contributed by atoms with E-state index >= 15 is 0 Å². The zero-order chi connectivity index (χ0) is 18.9. The summed E-state index contributed by atoms with van der Waals surface area (Å²) >= 11 is 0. The van der Waals surface area contributed by atoms with E-state index in [4.69, 9.17) is 0 Å². The number of aliphatic hydroxyl groups is 1. The smallest absolute Gasteiger partial charge is 0.158 e. The molecule has 0 spiro atoms. The van der Waals surface area contributed by atoms with Crippen LogP contribution < -0.4 is 5.32 Å². The topological polar surface area (TPSA) is 91.2 Å². The van der Waals surface area contributed by atoms with Gasteiger partial charge in [0.25, 0.3) is 0 Å². The maximum atomic E-state index is 10.5. The third kappa shape index (κ3) is 3.75. The molecule has 3 N–H and O–H groups in total. The SMILES string of the molecule is CC(C)c1ccc(-c2nnc(NCC(C)(C)O)c3cnccc23)c(O)c1. The monoisotopic (exact) mass is 352 g/mol. The van der Waals surface area contributed by atoms with Crippen molar-refractivity contribution in [2.45, 2.75) is 39.2 Å². The third-order valence-corrected chi connectivity index (χ3v) is 4.21. The number of aromatic nitrogens is 3. The fraction of sp³-hybridized carbons (Fsp3) is 0.350. The Hall–Kier alpha value is -2.73. The summed E-state index contributed by atoms with van der Waals surface area (Å²) in [5.41, 5.74) is 1.42. The van der Waals surface area contributed by atoms with Crippen molar-refractivity contribution in [3.63, 3.8) is 0 Å². The molecule has 3 aromatic rings. The van der Waals surface area contributed by atoms with Gasteiger partial charge in [-0.3, -0.25) is 4.98 Å².